The number of methoxy groups -OCH3 is 1. The van der Waals surface area contributed by atoms with Crippen LogP contribution in [0.1, 0.15) is 37.7 Å². The van der Waals surface area contributed by atoms with Gasteiger partial charge in [-0.1, -0.05) is 30.3 Å². The van der Waals surface area contributed by atoms with Crippen molar-refractivity contribution < 1.29 is 9.47 Å². The number of nitrogens with one attached hydrogen (secondary N) is 1. The van der Waals surface area contributed by atoms with Crippen molar-refractivity contribution in [2.45, 2.75) is 37.7 Å². The number of benzene rings is 1. The summed E-state index contributed by atoms with van der Waals surface area (Å²) in [7, 11) is 1.80. The number of halogens is 1. The van der Waals surface area contributed by atoms with Crippen LogP contribution in [0.5, 0.6) is 0 Å². The van der Waals surface area contributed by atoms with Gasteiger partial charge in [0.25, 0.3) is 0 Å². The van der Waals surface area contributed by atoms with Crippen LogP contribution in [0.2, 0.25) is 0 Å². The van der Waals surface area contributed by atoms with Gasteiger partial charge in [0.15, 0.2) is 5.96 Å². The zero-order valence-electron chi connectivity index (χ0n) is 15.9. The lowest BCUT2D eigenvalue weighted by Crippen LogP contribution is -2.44. The molecule has 3 rings (SSSR count). The molecule has 6 heteroatoms. The van der Waals surface area contributed by atoms with Gasteiger partial charge in [0.1, 0.15) is 0 Å². The molecular weight excluding hydrogens is 441 g/mol. The number of ether oxygens (including phenoxy) is 2. The third kappa shape index (κ3) is 5.33. The third-order valence-corrected chi connectivity index (χ3v) is 5.45. The molecule has 1 aromatic rings. The molecule has 2 heterocycles. The fourth-order valence-corrected chi connectivity index (χ4v) is 3.76. The fraction of sp³-hybridized carbons (Fsp3) is 0.650. The average molecular weight is 473 g/mol. The zero-order chi connectivity index (χ0) is 17.5. The Hall–Kier alpha value is -0.860. The molecule has 1 aromatic carbocycles. The Bertz CT molecular complexity index is 561. The molecule has 1 N–H and O–H groups in total. The Labute approximate surface area is 174 Å². The SMILES string of the molecule is CCNC(=NCC1(OC)CCOCC1)N1CCC(c2ccccc2)C1.I. The number of rotatable bonds is 5. The van der Waals surface area contributed by atoms with Gasteiger partial charge in [-0.05, 0) is 18.9 Å². The predicted octanol–water partition coefficient (Wildman–Crippen LogP) is 3.26. The lowest BCUT2D eigenvalue weighted by Gasteiger charge is -2.35. The van der Waals surface area contributed by atoms with Gasteiger partial charge in [0, 0.05) is 58.7 Å². The van der Waals surface area contributed by atoms with Gasteiger partial charge in [-0.3, -0.25) is 4.99 Å². The Balaban J connectivity index is 0.00000243. The van der Waals surface area contributed by atoms with Crippen LogP contribution in [0.15, 0.2) is 35.3 Å². The normalized spacial score (nSPS) is 22.8. The maximum atomic E-state index is 5.83. The molecule has 0 aromatic heterocycles. The van der Waals surface area contributed by atoms with E-state index in [2.05, 4.69) is 47.5 Å². The van der Waals surface area contributed by atoms with Gasteiger partial charge >= 0.3 is 0 Å². The van der Waals surface area contributed by atoms with Crippen molar-refractivity contribution in [3.05, 3.63) is 35.9 Å². The third-order valence-electron chi connectivity index (χ3n) is 5.45. The zero-order valence-corrected chi connectivity index (χ0v) is 18.3. The molecule has 0 radical (unpaired) electrons. The summed E-state index contributed by atoms with van der Waals surface area (Å²) >= 11 is 0. The van der Waals surface area contributed by atoms with E-state index in [9.17, 15) is 0 Å². The molecule has 2 fully saturated rings. The first kappa shape index (κ1) is 21.4. The second kappa shape index (κ2) is 10.5. The van der Waals surface area contributed by atoms with E-state index in [4.69, 9.17) is 14.5 Å². The van der Waals surface area contributed by atoms with Crippen LogP contribution in [0.3, 0.4) is 0 Å². The predicted molar refractivity (Wildman–Crippen MR) is 117 cm³/mol. The van der Waals surface area contributed by atoms with Crippen LogP contribution < -0.4 is 5.32 Å². The minimum absolute atomic E-state index is 0. The van der Waals surface area contributed by atoms with Crippen molar-refractivity contribution in [3.63, 3.8) is 0 Å². The first-order valence-electron chi connectivity index (χ1n) is 9.47. The Kier molecular flexibility index (Phi) is 8.63. The maximum Gasteiger partial charge on any atom is 0.194 e. The number of likely N-dealkylation sites (tertiary alicyclic amines) is 1. The molecule has 1 unspecified atom stereocenters. The largest absolute Gasteiger partial charge is 0.381 e. The summed E-state index contributed by atoms with van der Waals surface area (Å²) in [6.07, 6.45) is 3.01. The van der Waals surface area contributed by atoms with Crippen LogP contribution in [0.25, 0.3) is 0 Å². The number of hydrogen-bond donors (Lipinski definition) is 1. The monoisotopic (exact) mass is 473 g/mol. The summed E-state index contributed by atoms with van der Waals surface area (Å²) in [5.74, 6) is 1.60. The molecule has 146 valence electrons. The number of nitrogens with zero attached hydrogens (tertiary/aromatic N) is 2. The van der Waals surface area contributed by atoms with E-state index in [-0.39, 0.29) is 29.6 Å². The molecule has 1 atom stereocenters. The van der Waals surface area contributed by atoms with E-state index in [0.717, 1.165) is 51.6 Å². The number of hydrogen-bond acceptors (Lipinski definition) is 3. The summed E-state index contributed by atoms with van der Waals surface area (Å²) in [4.78, 5) is 7.33. The quantitative estimate of drug-likeness (QED) is 0.405. The van der Waals surface area contributed by atoms with Gasteiger partial charge in [0.05, 0.1) is 12.1 Å². The second-order valence-corrected chi connectivity index (χ2v) is 7.01. The molecule has 26 heavy (non-hydrogen) atoms. The topological polar surface area (TPSA) is 46.1 Å². The summed E-state index contributed by atoms with van der Waals surface area (Å²) in [5, 5.41) is 3.47. The van der Waals surface area contributed by atoms with Crippen LogP contribution in [-0.2, 0) is 9.47 Å². The summed E-state index contributed by atoms with van der Waals surface area (Å²) < 4.78 is 11.3. The minimum Gasteiger partial charge on any atom is -0.381 e. The van der Waals surface area contributed by atoms with E-state index in [1.165, 1.54) is 12.0 Å². The maximum absolute atomic E-state index is 5.83. The first-order chi connectivity index (χ1) is 12.3. The Morgan fingerprint density at radius 3 is 2.69 bits per heavy atom. The molecule has 0 amide bonds. The van der Waals surface area contributed by atoms with Crippen LogP contribution in [0.4, 0.5) is 0 Å². The van der Waals surface area contributed by atoms with Crippen LogP contribution in [-0.4, -0.2) is 63.0 Å². The first-order valence-corrected chi connectivity index (χ1v) is 9.47. The molecule has 5 nitrogen and oxygen atoms in total. The van der Waals surface area contributed by atoms with E-state index in [0.29, 0.717) is 12.5 Å². The molecule has 0 aliphatic carbocycles. The van der Waals surface area contributed by atoms with Gasteiger partial charge in [-0.15, -0.1) is 24.0 Å². The van der Waals surface area contributed by atoms with Crippen molar-refractivity contribution in [3.8, 4) is 0 Å². The molecule has 0 spiro atoms. The lowest BCUT2D eigenvalue weighted by atomic mass is 9.94. The lowest BCUT2D eigenvalue weighted by molar-refractivity contribution is -0.0829. The highest BCUT2D eigenvalue weighted by molar-refractivity contribution is 14.0. The average Bonchev–Trinajstić information content (AvgIpc) is 3.16. The highest BCUT2D eigenvalue weighted by Crippen LogP contribution is 2.28. The number of guanidine groups is 1. The van der Waals surface area contributed by atoms with Gasteiger partial charge in [-0.2, -0.15) is 0 Å². The molecular formula is C20H32IN3O2. The second-order valence-electron chi connectivity index (χ2n) is 7.01. The van der Waals surface area contributed by atoms with Crippen molar-refractivity contribution in [1.82, 2.24) is 10.2 Å². The number of aliphatic imine (C=N–C) groups is 1. The molecule has 0 saturated carbocycles. The Morgan fingerprint density at radius 1 is 1.31 bits per heavy atom. The standard InChI is InChI=1S/C20H31N3O2.HI/c1-3-21-19(22-16-20(24-2)10-13-25-14-11-20)23-12-9-18(15-23)17-7-5-4-6-8-17;/h4-8,18H,3,9-16H2,1-2H3,(H,21,22);1H. The van der Waals surface area contributed by atoms with E-state index in [1.54, 1.807) is 7.11 Å². The van der Waals surface area contributed by atoms with Crippen molar-refractivity contribution in [2.24, 2.45) is 4.99 Å². The molecule has 2 aliphatic heterocycles. The summed E-state index contributed by atoms with van der Waals surface area (Å²) in [5.41, 5.74) is 1.26. The van der Waals surface area contributed by atoms with Crippen molar-refractivity contribution in [1.29, 1.82) is 0 Å². The van der Waals surface area contributed by atoms with Crippen LogP contribution >= 0.6 is 24.0 Å². The molecule has 2 saturated heterocycles. The van der Waals surface area contributed by atoms with Crippen molar-refractivity contribution >= 4 is 29.9 Å². The van der Waals surface area contributed by atoms with E-state index >= 15 is 0 Å². The van der Waals surface area contributed by atoms with Gasteiger partial charge in [0.2, 0.25) is 0 Å². The summed E-state index contributed by atoms with van der Waals surface area (Å²) in [6, 6.07) is 10.8. The minimum atomic E-state index is -0.169. The van der Waals surface area contributed by atoms with Gasteiger partial charge in [-0.25, -0.2) is 0 Å². The highest BCUT2D eigenvalue weighted by atomic mass is 127. The van der Waals surface area contributed by atoms with Crippen LogP contribution in [0, 0.1) is 0 Å². The Morgan fingerprint density at radius 2 is 2.04 bits per heavy atom. The smallest absolute Gasteiger partial charge is 0.194 e. The fourth-order valence-electron chi connectivity index (χ4n) is 3.76. The summed E-state index contributed by atoms with van der Waals surface area (Å²) in [6.45, 7) is 7.31. The van der Waals surface area contributed by atoms with Crippen molar-refractivity contribution in [2.75, 3.05) is 46.5 Å². The highest BCUT2D eigenvalue weighted by Gasteiger charge is 2.33. The van der Waals surface area contributed by atoms with E-state index in [1.807, 2.05) is 0 Å². The van der Waals surface area contributed by atoms with Gasteiger partial charge < -0.3 is 19.7 Å². The molecule has 0 bridgehead atoms. The van der Waals surface area contributed by atoms with E-state index < -0.39 is 0 Å². The molecule has 2 aliphatic rings.